The van der Waals surface area contributed by atoms with E-state index in [1.165, 1.54) is 36.5 Å². The molecule has 3 rings (SSSR count). The average molecular weight is 432 g/mol. The predicted molar refractivity (Wildman–Crippen MR) is 113 cm³/mol. The maximum Gasteiger partial charge on any atom is 0.271 e. The lowest BCUT2D eigenvalue weighted by molar-refractivity contribution is -0.384. The highest BCUT2D eigenvalue weighted by Crippen LogP contribution is 2.32. The molecule has 150 valence electrons. The van der Waals surface area contributed by atoms with E-state index in [1.807, 2.05) is 32.0 Å². The third-order valence-electron chi connectivity index (χ3n) is 4.30. The second kappa shape index (κ2) is 8.59. The van der Waals surface area contributed by atoms with Crippen LogP contribution in [0.15, 0.2) is 41.8 Å². The van der Waals surface area contributed by atoms with Crippen molar-refractivity contribution in [3.63, 3.8) is 0 Å². The fraction of sp³-hybridized carbons (Fsp3) is 0.200. The zero-order chi connectivity index (χ0) is 21.1. The van der Waals surface area contributed by atoms with Crippen molar-refractivity contribution >= 4 is 45.4 Å². The smallest absolute Gasteiger partial charge is 0.271 e. The zero-order valence-corrected chi connectivity index (χ0v) is 17.6. The monoisotopic (exact) mass is 431 g/mol. The Morgan fingerprint density at radius 1 is 1.24 bits per heavy atom. The molecular formula is C20H18ClN3O4S. The van der Waals surface area contributed by atoms with Crippen molar-refractivity contribution in [3.05, 3.63) is 73.7 Å². The molecule has 0 aliphatic heterocycles. The number of halogens is 1. The minimum atomic E-state index is -0.522. The Labute approximate surface area is 176 Å². The number of aryl methyl sites for hydroxylation is 2. The molecule has 0 bridgehead atoms. The van der Waals surface area contributed by atoms with Crippen LogP contribution in [0.5, 0.6) is 5.75 Å². The number of thiazole rings is 1. The summed E-state index contributed by atoms with van der Waals surface area (Å²) in [5, 5.41) is 13.3. The number of aromatic nitrogens is 1. The van der Waals surface area contributed by atoms with Crippen LogP contribution in [0.3, 0.4) is 0 Å². The van der Waals surface area contributed by atoms with Gasteiger partial charge in [0.25, 0.3) is 5.69 Å². The quantitative estimate of drug-likeness (QED) is 0.375. The molecule has 0 unspecified atom stereocenters. The maximum atomic E-state index is 12.3. The number of hydrogen-bond acceptors (Lipinski definition) is 6. The third kappa shape index (κ3) is 4.72. The number of carbonyl (C=O) groups excluding carboxylic acids is 1. The lowest BCUT2D eigenvalue weighted by Crippen LogP contribution is -2.22. The molecule has 0 fully saturated rings. The fourth-order valence-electron chi connectivity index (χ4n) is 2.63. The summed E-state index contributed by atoms with van der Waals surface area (Å²) in [7, 11) is 0. The summed E-state index contributed by atoms with van der Waals surface area (Å²) in [6.07, 6.45) is 0. The Morgan fingerprint density at radius 2 is 2.00 bits per heavy atom. The Kier molecular flexibility index (Phi) is 6.14. The Morgan fingerprint density at radius 3 is 2.62 bits per heavy atom. The second-order valence-electron chi connectivity index (χ2n) is 6.40. The van der Waals surface area contributed by atoms with Gasteiger partial charge < -0.3 is 4.74 Å². The Bertz CT molecular complexity index is 1080. The highest BCUT2D eigenvalue weighted by molar-refractivity contribution is 7.14. The molecule has 3 aromatic rings. The molecule has 0 saturated heterocycles. The molecular weight excluding hydrogens is 414 g/mol. The largest absolute Gasteiger partial charge is 0.486 e. The summed E-state index contributed by atoms with van der Waals surface area (Å²) in [5.74, 6) is 0.179. The lowest BCUT2D eigenvalue weighted by Gasteiger charge is -2.19. The van der Waals surface area contributed by atoms with Crippen LogP contribution in [0.1, 0.15) is 23.7 Å². The van der Waals surface area contributed by atoms with E-state index in [0.29, 0.717) is 16.6 Å². The van der Waals surface area contributed by atoms with E-state index in [-0.39, 0.29) is 23.2 Å². The van der Waals surface area contributed by atoms with Crippen LogP contribution in [-0.2, 0) is 11.4 Å². The molecule has 1 amide bonds. The topological polar surface area (TPSA) is 85.6 Å². The van der Waals surface area contributed by atoms with Crippen LogP contribution in [0.4, 0.5) is 16.5 Å². The van der Waals surface area contributed by atoms with Crippen molar-refractivity contribution in [1.82, 2.24) is 4.98 Å². The van der Waals surface area contributed by atoms with Crippen molar-refractivity contribution in [1.29, 1.82) is 0 Å². The van der Waals surface area contributed by atoms with Crippen LogP contribution in [0.2, 0.25) is 5.02 Å². The van der Waals surface area contributed by atoms with Gasteiger partial charge in [0.05, 0.1) is 21.3 Å². The van der Waals surface area contributed by atoms with Gasteiger partial charge in [0.15, 0.2) is 5.13 Å². The number of hydrogen-bond donors (Lipinski definition) is 0. The molecule has 0 atom stereocenters. The molecule has 1 heterocycles. The van der Waals surface area contributed by atoms with E-state index in [1.54, 1.807) is 10.3 Å². The summed E-state index contributed by atoms with van der Waals surface area (Å²) >= 11 is 7.37. The lowest BCUT2D eigenvalue weighted by atomic mass is 10.1. The summed E-state index contributed by atoms with van der Waals surface area (Å²) in [6.45, 7) is 5.61. The standard InChI is InChI=1S/C20H18ClN3O4S/c1-12-4-5-16(8-13(12)2)23(14(3)25)20-22-15(11-29-20)10-28-19-7-6-17(24(26)27)9-18(19)21/h4-9,11H,10H2,1-3H3. The molecule has 29 heavy (non-hydrogen) atoms. The molecule has 7 nitrogen and oxygen atoms in total. The van der Waals surface area contributed by atoms with Gasteiger partial charge in [-0.3, -0.25) is 19.8 Å². The van der Waals surface area contributed by atoms with Crippen LogP contribution in [0.25, 0.3) is 0 Å². The number of non-ortho nitro benzene ring substituents is 1. The summed E-state index contributed by atoms with van der Waals surface area (Å²) in [5.41, 5.74) is 3.49. The van der Waals surface area contributed by atoms with E-state index < -0.39 is 4.92 Å². The molecule has 0 radical (unpaired) electrons. The summed E-state index contributed by atoms with van der Waals surface area (Å²) < 4.78 is 5.64. The SMILES string of the molecule is CC(=O)N(c1ccc(C)c(C)c1)c1nc(COc2ccc([N+](=O)[O-])cc2Cl)cs1. The normalized spacial score (nSPS) is 10.6. The first kappa shape index (κ1) is 20.8. The van der Waals surface area contributed by atoms with Gasteiger partial charge in [-0.15, -0.1) is 11.3 Å². The van der Waals surface area contributed by atoms with Crippen molar-refractivity contribution in [2.24, 2.45) is 0 Å². The number of carbonyl (C=O) groups is 1. The first-order valence-corrected chi connectivity index (χ1v) is 9.91. The van der Waals surface area contributed by atoms with Crippen molar-refractivity contribution in [2.75, 3.05) is 4.90 Å². The second-order valence-corrected chi connectivity index (χ2v) is 7.65. The molecule has 0 N–H and O–H groups in total. The van der Waals surface area contributed by atoms with Crippen molar-refractivity contribution in [3.8, 4) is 5.75 Å². The van der Waals surface area contributed by atoms with Gasteiger partial charge >= 0.3 is 0 Å². The molecule has 0 aliphatic carbocycles. The highest BCUT2D eigenvalue weighted by atomic mass is 35.5. The fourth-order valence-corrected chi connectivity index (χ4v) is 3.73. The molecule has 2 aromatic carbocycles. The number of amides is 1. The van der Waals surface area contributed by atoms with E-state index in [0.717, 1.165) is 16.8 Å². The molecule has 9 heteroatoms. The molecule has 0 spiro atoms. The number of anilines is 2. The Balaban J connectivity index is 1.77. The predicted octanol–water partition coefficient (Wildman–Crippen LogP) is 5.59. The number of nitro benzene ring substituents is 1. The third-order valence-corrected chi connectivity index (χ3v) is 5.47. The van der Waals surface area contributed by atoms with Crippen LogP contribution in [0, 0.1) is 24.0 Å². The number of rotatable bonds is 6. The molecule has 1 aromatic heterocycles. The first-order valence-electron chi connectivity index (χ1n) is 8.65. The van der Waals surface area contributed by atoms with Gasteiger partial charge in [-0.05, 0) is 43.2 Å². The van der Waals surface area contributed by atoms with Gasteiger partial charge in [0.1, 0.15) is 12.4 Å². The van der Waals surface area contributed by atoms with Gasteiger partial charge in [0, 0.05) is 24.4 Å². The van der Waals surface area contributed by atoms with Gasteiger partial charge in [-0.1, -0.05) is 17.7 Å². The zero-order valence-electron chi connectivity index (χ0n) is 16.0. The highest BCUT2D eigenvalue weighted by Gasteiger charge is 2.19. The number of benzene rings is 2. The molecule has 0 saturated carbocycles. The van der Waals surface area contributed by atoms with E-state index in [9.17, 15) is 14.9 Å². The molecule has 0 aliphatic rings. The summed E-state index contributed by atoms with van der Waals surface area (Å²) in [4.78, 5) is 28.6. The van der Waals surface area contributed by atoms with Crippen molar-refractivity contribution in [2.45, 2.75) is 27.4 Å². The van der Waals surface area contributed by atoms with E-state index >= 15 is 0 Å². The minimum Gasteiger partial charge on any atom is -0.486 e. The van der Waals surface area contributed by atoms with E-state index in [2.05, 4.69) is 4.98 Å². The van der Waals surface area contributed by atoms with Crippen molar-refractivity contribution < 1.29 is 14.5 Å². The van der Waals surface area contributed by atoms with Gasteiger partial charge in [-0.25, -0.2) is 4.98 Å². The number of nitrogens with zero attached hydrogens (tertiary/aromatic N) is 3. The Hall–Kier alpha value is -2.97. The van der Waals surface area contributed by atoms with Gasteiger partial charge in [0.2, 0.25) is 5.91 Å². The van der Waals surface area contributed by atoms with Crippen LogP contribution < -0.4 is 9.64 Å². The number of ether oxygens (including phenoxy) is 1. The first-order chi connectivity index (χ1) is 13.8. The van der Waals surface area contributed by atoms with Gasteiger partial charge in [-0.2, -0.15) is 0 Å². The number of nitro groups is 1. The van der Waals surface area contributed by atoms with Crippen LogP contribution in [-0.4, -0.2) is 15.8 Å². The van der Waals surface area contributed by atoms with Crippen LogP contribution >= 0.6 is 22.9 Å². The minimum absolute atomic E-state index is 0.108. The average Bonchev–Trinajstić information content (AvgIpc) is 3.11. The maximum absolute atomic E-state index is 12.3. The summed E-state index contributed by atoms with van der Waals surface area (Å²) in [6, 6.07) is 9.81. The van der Waals surface area contributed by atoms with E-state index in [4.69, 9.17) is 16.3 Å².